The Morgan fingerprint density at radius 3 is 1.77 bits per heavy atom. The summed E-state index contributed by atoms with van der Waals surface area (Å²) >= 11 is 0. The first kappa shape index (κ1) is 30.1. The second kappa shape index (κ2) is 17.1. The van der Waals surface area contributed by atoms with Gasteiger partial charge in [0.2, 0.25) is 5.91 Å². The quantitative estimate of drug-likeness (QED) is 0.119. The average molecular weight is 551 g/mol. The van der Waals surface area contributed by atoms with E-state index in [1.807, 2.05) is 0 Å². The molecule has 0 heterocycles. The molecule has 3 N–H and O–H groups in total. The van der Waals surface area contributed by atoms with E-state index < -0.39 is 0 Å². The molecule has 4 aromatic rings. The minimum atomic E-state index is 0.0572. The summed E-state index contributed by atoms with van der Waals surface area (Å²) in [5.41, 5.74) is 6.63. The third-order valence-electron chi connectivity index (χ3n) is 6.79. The van der Waals surface area contributed by atoms with Gasteiger partial charge in [0.1, 0.15) is 0 Å². The van der Waals surface area contributed by atoms with Crippen LogP contribution in [0, 0.1) is 0 Å². The SMILES string of the molecule is NCCOCCOCCOCCOCCOCCNC(=O)CCCc1ccc2ccc3cccc4ccc1c2c34. The Bertz CT molecular complexity index is 1280. The number of carbonyl (C=O) groups is 1. The minimum Gasteiger partial charge on any atom is -0.378 e. The summed E-state index contributed by atoms with van der Waals surface area (Å²) in [6, 6.07) is 19.7. The fourth-order valence-corrected chi connectivity index (χ4v) is 4.87. The van der Waals surface area contributed by atoms with E-state index in [1.165, 1.54) is 37.9 Å². The number of hydrogen-bond acceptors (Lipinski definition) is 7. The predicted molar refractivity (Wildman–Crippen MR) is 159 cm³/mol. The summed E-state index contributed by atoms with van der Waals surface area (Å²) in [4.78, 5) is 12.3. The van der Waals surface area contributed by atoms with Crippen molar-refractivity contribution in [1.82, 2.24) is 5.32 Å². The van der Waals surface area contributed by atoms with Gasteiger partial charge in [0.05, 0.1) is 66.1 Å². The van der Waals surface area contributed by atoms with Crippen LogP contribution >= 0.6 is 0 Å². The highest BCUT2D eigenvalue weighted by Crippen LogP contribution is 2.36. The molecule has 0 radical (unpaired) electrons. The molecule has 8 heteroatoms. The maximum absolute atomic E-state index is 12.3. The highest BCUT2D eigenvalue weighted by molar-refractivity contribution is 6.23. The summed E-state index contributed by atoms with van der Waals surface area (Å²) in [5.74, 6) is 0.0572. The monoisotopic (exact) mass is 550 g/mol. The Kier molecular flexibility index (Phi) is 12.9. The molecule has 0 spiro atoms. The van der Waals surface area contributed by atoms with Gasteiger partial charge in [-0.15, -0.1) is 0 Å². The van der Waals surface area contributed by atoms with Crippen LogP contribution in [0.5, 0.6) is 0 Å². The van der Waals surface area contributed by atoms with Crippen molar-refractivity contribution in [2.24, 2.45) is 5.73 Å². The molecule has 0 aliphatic heterocycles. The Labute approximate surface area is 236 Å². The van der Waals surface area contributed by atoms with Crippen molar-refractivity contribution >= 4 is 38.2 Å². The van der Waals surface area contributed by atoms with E-state index in [0.717, 1.165) is 12.8 Å². The molecule has 0 aliphatic rings. The zero-order chi connectivity index (χ0) is 27.8. The minimum absolute atomic E-state index is 0.0572. The summed E-state index contributed by atoms with van der Waals surface area (Å²) in [6.07, 6.45) is 2.18. The van der Waals surface area contributed by atoms with Crippen LogP contribution in [0.1, 0.15) is 18.4 Å². The molecule has 40 heavy (non-hydrogen) atoms. The highest BCUT2D eigenvalue weighted by atomic mass is 16.6. The van der Waals surface area contributed by atoms with Gasteiger partial charge >= 0.3 is 0 Å². The summed E-state index contributed by atoms with van der Waals surface area (Å²) in [5, 5.41) is 10.7. The van der Waals surface area contributed by atoms with Crippen LogP contribution in [0.15, 0.2) is 54.6 Å². The molecule has 0 saturated heterocycles. The van der Waals surface area contributed by atoms with Gasteiger partial charge in [-0.2, -0.15) is 0 Å². The standard InChI is InChI=1S/C32H42N2O6/c33-13-15-36-17-19-38-21-23-40-24-22-39-20-18-37-16-14-34-30(35)6-2-3-25-7-8-28-10-9-26-4-1-5-27-11-12-29(25)32(28)31(26)27/h1,4-5,7-12H,2-3,6,13-24,33H2,(H,34,35). The van der Waals surface area contributed by atoms with Crippen molar-refractivity contribution in [3.05, 3.63) is 60.2 Å². The third kappa shape index (κ3) is 9.09. The van der Waals surface area contributed by atoms with Crippen LogP contribution in [0.2, 0.25) is 0 Å². The number of amides is 1. The van der Waals surface area contributed by atoms with Crippen LogP contribution in [-0.4, -0.2) is 85.1 Å². The van der Waals surface area contributed by atoms with E-state index in [1.54, 1.807) is 0 Å². The molecular weight excluding hydrogens is 508 g/mol. The summed E-state index contributed by atoms with van der Waals surface area (Å²) in [6.45, 7) is 6.18. The number of nitrogens with two attached hydrogens (primary N) is 1. The highest BCUT2D eigenvalue weighted by Gasteiger charge is 2.11. The molecule has 0 aliphatic carbocycles. The van der Waals surface area contributed by atoms with Crippen molar-refractivity contribution in [3.8, 4) is 0 Å². The molecule has 1 amide bonds. The van der Waals surface area contributed by atoms with Crippen molar-refractivity contribution in [1.29, 1.82) is 0 Å². The van der Waals surface area contributed by atoms with Gasteiger partial charge in [0.25, 0.3) is 0 Å². The molecule has 4 aromatic carbocycles. The Hall–Kier alpha value is -2.85. The smallest absolute Gasteiger partial charge is 0.220 e. The molecule has 0 fully saturated rings. The Morgan fingerprint density at radius 1 is 0.625 bits per heavy atom. The second-order valence-corrected chi connectivity index (χ2v) is 9.63. The maximum atomic E-state index is 12.3. The average Bonchev–Trinajstić information content (AvgIpc) is 2.98. The van der Waals surface area contributed by atoms with E-state index in [9.17, 15) is 4.79 Å². The van der Waals surface area contributed by atoms with E-state index in [0.29, 0.717) is 85.6 Å². The fraction of sp³-hybridized carbons (Fsp3) is 0.469. The van der Waals surface area contributed by atoms with Crippen LogP contribution in [0.4, 0.5) is 0 Å². The van der Waals surface area contributed by atoms with E-state index in [-0.39, 0.29) is 5.91 Å². The first-order chi connectivity index (χ1) is 19.8. The van der Waals surface area contributed by atoms with Crippen molar-refractivity contribution in [3.63, 3.8) is 0 Å². The lowest BCUT2D eigenvalue weighted by molar-refractivity contribution is -0.121. The molecule has 0 bridgehead atoms. The first-order valence-corrected chi connectivity index (χ1v) is 14.3. The maximum Gasteiger partial charge on any atom is 0.220 e. The van der Waals surface area contributed by atoms with Crippen LogP contribution in [0.25, 0.3) is 32.3 Å². The number of benzene rings is 4. The van der Waals surface area contributed by atoms with E-state index in [2.05, 4.69) is 59.9 Å². The van der Waals surface area contributed by atoms with Crippen molar-refractivity contribution < 1.29 is 28.5 Å². The van der Waals surface area contributed by atoms with E-state index in [4.69, 9.17) is 29.4 Å². The Balaban J connectivity index is 1.01. The van der Waals surface area contributed by atoms with Gasteiger partial charge in [0.15, 0.2) is 0 Å². The van der Waals surface area contributed by atoms with Crippen molar-refractivity contribution in [2.75, 3.05) is 79.2 Å². The molecule has 0 aromatic heterocycles. The van der Waals surface area contributed by atoms with Gasteiger partial charge in [-0.05, 0) is 50.7 Å². The van der Waals surface area contributed by atoms with Crippen LogP contribution < -0.4 is 11.1 Å². The molecule has 4 rings (SSSR count). The lowest BCUT2D eigenvalue weighted by atomic mass is 9.90. The molecule has 0 atom stereocenters. The van der Waals surface area contributed by atoms with Gasteiger partial charge in [-0.3, -0.25) is 4.79 Å². The molecular formula is C32H42N2O6. The number of hydrogen-bond donors (Lipinski definition) is 2. The fourth-order valence-electron chi connectivity index (χ4n) is 4.87. The molecule has 8 nitrogen and oxygen atoms in total. The lowest BCUT2D eigenvalue weighted by Crippen LogP contribution is -2.27. The van der Waals surface area contributed by atoms with Gasteiger partial charge in [-0.25, -0.2) is 0 Å². The summed E-state index contributed by atoms with van der Waals surface area (Å²) in [7, 11) is 0. The normalized spacial score (nSPS) is 11.7. The largest absolute Gasteiger partial charge is 0.378 e. The second-order valence-electron chi connectivity index (χ2n) is 9.63. The number of rotatable bonds is 21. The molecule has 0 unspecified atom stereocenters. The lowest BCUT2D eigenvalue weighted by Gasteiger charge is -2.14. The predicted octanol–water partition coefficient (Wildman–Crippen LogP) is 4.06. The number of aryl methyl sites for hydroxylation is 1. The number of ether oxygens (including phenoxy) is 5. The zero-order valence-corrected chi connectivity index (χ0v) is 23.3. The molecule has 0 saturated carbocycles. The van der Waals surface area contributed by atoms with E-state index >= 15 is 0 Å². The summed E-state index contributed by atoms with van der Waals surface area (Å²) < 4.78 is 27.1. The Morgan fingerprint density at radius 2 is 1.15 bits per heavy atom. The van der Waals surface area contributed by atoms with Crippen LogP contribution in [-0.2, 0) is 34.9 Å². The zero-order valence-electron chi connectivity index (χ0n) is 23.3. The van der Waals surface area contributed by atoms with Gasteiger partial charge in [0, 0.05) is 19.5 Å². The number of nitrogens with one attached hydrogen (secondary N) is 1. The topological polar surface area (TPSA) is 101 Å². The van der Waals surface area contributed by atoms with Gasteiger partial charge in [-0.1, -0.05) is 54.6 Å². The molecule has 216 valence electrons. The first-order valence-electron chi connectivity index (χ1n) is 14.3. The van der Waals surface area contributed by atoms with Gasteiger partial charge < -0.3 is 34.7 Å². The van der Waals surface area contributed by atoms with Crippen molar-refractivity contribution in [2.45, 2.75) is 19.3 Å². The number of carbonyl (C=O) groups excluding carboxylic acids is 1. The van der Waals surface area contributed by atoms with Crippen LogP contribution in [0.3, 0.4) is 0 Å². The third-order valence-corrected chi connectivity index (χ3v) is 6.79.